The molecule has 1 aromatic rings. The summed E-state index contributed by atoms with van der Waals surface area (Å²) in [4.78, 5) is 41.7. The standard InChI is InChI=1S/C39H60O7/c1-9-35(5,30-13-11-10-12-14-30)24-38(8,33(44)46-39-21-28-17-29(22-39)20-34(4,19-28)23-39)26-37(7,32(43)45-16-15-40)25-36(6,31(41)42)18-27(2)3/h10-14,27-29,40H,9,15-26H2,1-8H3,(H,41,42). The maximum absolute atomic E-state index is 14.9. The van der Waals surface area contributed by atoms with Crippen molar-refractivity contribution in [1.82, 2.24) is 0 Å². The summed E-state index contributed by atoms with van der Waals surface area (Å²) >= 11 is 0. The van der Waals surface area contributed by atoms with E-state index < -0.39 is 39.2 Å². The number of aliphatic carboxylic acids is 1. The van der Waals surface area contributed by atoms with Crippen molar-refractivity contribution in [3.8, 4) is 0 Å². The van der Waals surface area contributed by atoms with Gasteiger partial charge < -0.3 is 19.7 Å². The molecule has 2 N–H and O–H groups in total. The highest BCUT2D eigenvalue weighted by Crippen LogP contribution is 2.63. The van der Waals surface area contributed by atoms with E-state index in [0.29, 0.717) is 24.7 Å². The first-order valence-electron chi connectivity index (χ1n) is 17.6. The Morgan fingerprint density at radius 2 is 1.46 bits per heavy atom. The van der Waals surface area contributed by atoms with Crippen LogP contribution in [0.1, 0.15) is 132 Å². The summed E-state index contributed by atoms with van der Waals surface area (Å²) in [6, 6.07) is 10.2. The second kappa shape index (κ2) is 13.2. The monoisotopic (exact) mass is 640 g/mol. The van der Waals surface area contributed by atoms with E-state index >= 15 is 0 Å². The normalized spacial score (nSPS) is 30.5. The van der Waals surface area contributed by atoms with Crippen LogP contribution in [0.2, 0.25) is 0 Å². The van der Waals surface area contributed by atoms with E-state index in [1.165, 1.54) is 19.3 Å². The molecule has 4 fully saturated rings. The predicted octanol–water partition coefficient (Wildman–Crippen LogP) is 8.11. The van der Waals surface area contributed by atoms with Gasteiger partial charge in [0.2, 0.25) is 0 Å². The number of aliphatic hydroxyl groups excluding tert-OH is 1. The highest BCUT2D eigenvalue weighted by Gasteiger charge is 2.60. The zero-order valence-electron chi connectivity index (χ0n) is 29.7. The molecule has 4 aliphatic carbocycles. The van der Waals surface area contributed by atoms with Crippen molar-refractivity contribution in [3.63, 3.8) is 0 Å². The van der Waals surface area contributed by atoms with Crippen LogP contribution in [0.15, 0.2) is 30.3 Å². The van der Waals surface area contributed by atoms with Crippen LogP contribution in [0.3, 0.4) is 0 Å². The lowest BCUT2D eigenvalue weighted by molar-refractivity contribution is -0.210. The smallest absolute Gasteiger partial charge is 0.312 e. The predicted molar refractivity (Wildman–Crippen MR) is 179 cm³/mol. The molecular formula is C39H60O7. The molecule has 0 heterocycles. The number of carboxylic acid groups (broad SMARTS) is 1. The third-order valence-corrected chi connectivity index (χ3v) is 11.9. The average Bonchev–Trinajstić information content (AvgIpc) is 2.93. The minimum absolute atomic E-state index is 0.00217. The lowest BCUT2D eigenvalue weighted by Gasteiger charge is -2.60. The highest BCUT2D eigenvalue weighted by molar-refractivity contribution is 5.82. The number of esters is 2. The number of carbonyl (C=O) groups excluding carboxylic acids is 2. The number of carbonyl (C=O) groups is 3. The molecule has 46 heavy (non-hydrogen) atoms. The van der Waals surface area contributed by atoms with E-state index in [0.717, 1.165) is 31.2 Å². The molecule has 258 valence electrons. The minimum atomic E-state index is -1.33. The average molecular weight is 641 g/mol. The first-order valence-corrected chi connectivity index (χ1v) is 17.6. The fraction of sp³-hybridized carbons (Fsp3) is 0.769. The van der Waals surface area contributed by atoms with Crippen LogP contribution in [0.25, 0.3) is 0 Å². The SMILES string of the molecule is CCC(C)(CC(C)(CC(C)(CC(C)(CC(C)C)C(=O)O)C(=O)OCCO)C(=O)OC12CC3CC(CC(C)(C3)C1)C2)c1ccccc1. The molecule has 0 aromatic heterocycles. The highest BCUT2D eigenvalue weighted by atomic mass is 16.6. The molecule has 6 atom stereocenters. The Bertz CT molecular complexity index is 1240. The summed E-state index contributed by atoms with van der Waals surface area (Å²) < 4.78 is 12.4. The number of ether oxygens (including phenoxy) is 2. The quantitative estimate of drug-likeness (QED) is 0.176. The molecule has 0 spiro atoms. The Balaban J connectivity index is 1.78. The number of aliphatic hydroxyl groups is 1. The van der Waals surface area contributed by atoms with Gasteiger partial charge in [0.25, 0.3) is 0 Å². The number of rotatable bonds is 16. The van der Waals surface area contributed by atoms with Gasteiger partial charge in [0, 0.05) is 0 Å². The summed E-state index contributed by atoms with van der Waals surface area (Å²) in [6.45, 7) is 15.4. The molecule has 7 heteroatoms. The van der Waals surface area contributed by atoms with Crippen molar-refractivity contribution in [3.05, 3.63) is 35.9 Å². The van der Waals surface area contributed by atoms with Crippen LogP contribution in [0, 0.1) is 39.4 Å². The fourth-order valence-corrected chi connectivity index (χ4v) is 10.8. The van der Waals surface area contributed by atoms with Crippen LogP contribution < -0.4 is 0 Å². The third kappa shape index (κ3) is 7.66. The Morgan fingerprint density at radius 3 is 1.96 bits per heavy atom. The topological polar surface area (TPSA) is 110 Å². The molecule has 0 amide bonds. The van der Waals surface area contributed by atoms with E-state index in [4.69, 9.17) is 9.47 Å². The Morgan fingerprint density at radius 1 is 0.891 bits per heavy atom. The van der Waals surface area contributed by atoms with Crippen molar-refractivity contribution in [2.75, 3.05) is 13.2 Å². The van der Waals surface area contributed by atoms with Gasteiger partial charge in [0.05, 0.1) is 22.9 Å². The van der Waals surface area contributed by atoms with Gasteiger partial charge in [-0.1, -0.05) is 65.0 Å². The van der Waals surface area contributed by atoms with Gasteiger partial charge in [0.15, 0.2) is 0 Å². The Hall–Kier alpha value is -2.41. The summed E-state index contributed by atoms with van der Waals surface area (Å²) in [5, 5.41) is 20.0. The Kier molecular flexibility index (Phi) is 10.5. The summed E-state index contributed by atoms with van der Waals surface area (Å²) in [5.74, 6) is -0.638. The number of hydrogen-bond donors (Lipinski definition) is 2. The lowest BCUT2D eigenvalue weighted by Crippen LogP contribution is -2.58. The van der Waals surface area contributed by atoms with Crippen LogP contribution >= 0.6 is 0 Å². The third-order valence-electron chi connectivity index (χ3n) is 11.9. The molecule has 4 saturated carbocycles. The number of carboxylic acids is 1. The number of benzene rings is 1. The van der Waals surface area contributed by atoms with Crippen LogP contribution in [-0.4, -0.2) is 46.9 Å². The van der Waals surface area contributed by atoms with Gasteiger partial charge in [-0.2, -0.15) is 0 Å². The van der Waals surface area contributed by atoms with E-state index in [1.807, 2.05) is 39.0 Å². The van der Waals surface area contributed by atoms with Gasteiger partial charge >= 0.3 is 17.9 Å². The van der Waals surface area contributed by atoms with Crippen molar-refractivity contribution in [2.45, 2.75) is 137 Å². The molecular weight excluding hydrogens is 580 g/mol. The van der Waals surface area contributed by atoms with Crippen molar-refractivity contribution in [2.24, 2.45) is 39.4 Å². The first kappa shape index (κ1) is 36.4. The molecule has 4 aliphatic rings. The van der Waals surface area contributed by atoms with E-state index in [2.05, 4.69) is 32.9 Å². The molecule has 6 unspecified atom stereocenters. The summed E-state index contributed by atoms with van der Waals surface area (Å²) in [6.07, 6.45) is 7.91. The van der Waals surface area contributed by atoms with Crippen molar-refractivity contribution < 1.29 is 34.1 Å². The van der Waals surface area contributed by atoms with E-state index in [9.17, 15) is 24.6 Å². The van der Waals surface area contributed by atoms with Gasteiger partial charge in [-0.15, -0.1) is 0 Å². The first-order chi connectivity index (χ1) is 21.3. The molecule has 5 rings (SSSR count). The minimum Gasteiger partial charge on any atom is -0.481 e. The second-order valence-electron chi connectivity index (χ2n) is 17.6. The molecule has 0 saturated heterocycles. The van der Waals surface area contributed by atoms with Crippen LogP contribution in [0.5, 0.6) is 0 Å². The van der Waals surface area contributed by atoms with E-state index in [-0.39, 0.29) is 43.4 Å². The lowest BCUT2D eigenvalue weighted by atomic mass is 9.48. The van der Waals surface area contributed by atoms with Gasteiger partial charge in [0.1, 0.15) is 12.2 Å². The maximum Gasteiger partial charge on any atom is 0.312 e. The summed E-state index contributed by atoms with van der Waals surface area (Å²) in [5.41, 5.74) is -3.29. The molecule has 0 aliphatic heterocycles. The van der Waals surface area contributed by atoms with Crippen LogP contribution in [0.4, 0.5) is 0 Å². The molecule has 1 aromatic carbocycles. The van der Waals surface area contributed by atoms with Crippen molar-refractivity contribution >= 4 is 17.9 Å². The largest absolute Gasteiger partial charge is 0.481 e. The molecule has 7 nitrogen and oxygen atoms in total. The molecule has 0 radical (unpaired) electrons. The van der Waals surface area contributed by atoms with Gasteiger partial charge in [-0.25, -0.2) is 0 Å². The number of hydrogen-bond acceptors (Lipinski definition) is 6. The van der Waals surface area contributed by atoms with Crippen LogP contribution in [-0.2, 0) is 29.3 Å². The van der Waals surface area contributed by atoms with Crippen molar-refractivity contribution in [1.29, 1.82) is 0 Å². The second-order valence-corrected chi connectivity index (χ2v) is 17.6. The zero-order valence-corrected chi connectivity index (χ0v) is 29.7. The molecule has 4 bridgehead atoms. The Labute approximate surface area is 277 Å². The van der Waals surface area contributed by atoms with Gasteiger partial charge in [-0.3, -0.25) is 14.4 Å². The van der Waals surface area contributed by atoms with Gasteiger partial charge in [-0.05, 0) is 126 Å². The fourth-order valence-electron chi connectivity index (χ4n) is 10.8. The van der Waals surface area contributed by atoms with E-state index in [1.54, 1.807) is 13.8 Å². The summed E-state index contributed by atoms with van der Waals surface area (Å²) in [7, 11) is 0. The maximum atomic E-state index is 14.9. The zero-order chi connectivity index (χ0) is 34.2.